The van der Waals surface area contributed by atoms with E-state index in [-0.39, 0.29) is 37.3 Å². The van der Waals surface area contributed by atoms with E-state index in [0.717, 1.165) is 5.56 Å². The van der Waals surface area contributed by atoms with Crippen molar-refractivity contribution >= 4 is 15.9 Å². The molecule has 1 spiro atoms. The Morgan fingerprint density at radius 3 is 2.75 bits per heavy atom. The van der Waals surface area contributed by atoms with Crippen molar-refractivity contribution in [1.29, 1.82) is 0 Å². The molecule has 3 aliphatic heterocycles. The van der Waals surface area contributed by atoms with Gasteiger partial charge in [0.15, 0.2) is 0 Å². The maximum absolute atomic E-state index is 13.2. The summed E-state index contributed by atoms with van der Waals surface area (Å²) < 4.78 is 34.0. The summed E-state index contributed by atoms with van der Waals surface area (Å²) in [6.45, 7) is 1.11. The Kier molecular flexibility index (Phi) is 3.97. The normalized spacial score (nSPS) is 30.9. The van der Waals surface area contributed by atoms with E-state index in [1.807, 2.05) is 0 Å². The summed E-state index contributed by atoms with van der Waals surface area (Å²) in [6.07, 6.45) is 7.82. The third kappa shape index (κ3) is 2.71. The highest BCUT2D eigenvalue weighted by Crippen LogP contribution is 2.47. The molecule has 3 saturated heterocycles. The molecule has 0 unspecified atom stereocenters. The van der Waals surface area contributed by atoms with Gasteiger partial charge in [-0.2, -0.15) is 4.31 Å². The van der Waals surface area contributed by atoms with E-state index in [2.05, 4.69) is 15.0 Å². The highest BCUT2D eigenvalue weighted by atomic mass is 32.2. The maximum Gasteiger partial charge on any atom is 0.274 e. The number of likely N-dealkylation sites (tertiary alicyclic amines) is 1. The summed E-state index contributed by atoms with van der Waals surface area (Å²) in [5.41, 5.74) is 0.230. The number of fused-ring (bicyclic) bond motifs is 1. The molecule has 0 aliphatic carbocycles. The summed E-state index contributed by atoms with van der Waals surface area (Å²) in [7, 11) is -3.52. The molecule has 2 bridgehead atoms. The van der Waals surface area contributed by atoms with Crippen LogP contribution in [-0.4, -0.2) is 75.1 Å². The zero-order valence-electron chi connectivity index (χ0n) is 15.0. The molecule has 0 N–H and O–H groups in total. The SMILES string of the molecule is O=C(c1cnccn1)N1C[C@@H]2C[C@@H]3[C@@](C1)(CN(Cc1ccncc1)S3(=O)=O)O2. The molecule has 2 aromatic heterocycles. The van der Waals surface area contributed by atoms with E-state index in [1.165, 1.54) is 22.9 Å². The summed E-state index contributed by atoms with van der Waals surface area (Å²) in [5, 5.41) is -0.633. The van der Waals surface area contributed by atoms with E-state index >= 15 is 0 Å². The minimum Gasteiger partial charge on any atom is -0.365 e. The zero-order valence-corrected chi connectivity index (χ0v) is 15.8. The second-order valence-electron chi connectivity index (χ2n) is 7.47. The fraction of sp³-hybridized carbons (Fsp3) is 0.444. The first-order valence-electron chi connectivity index (χ1n) is 9.09. The molecule has 0 aromatic carbocycles. The Morgan fingerprint density at radius 1 is 1.18 bits per heavy atom. The van der Waals surface area contributed by atoms with Crippen molar-refractivity contribution in [3.8, 4) is 0 Å². The predicted octanol–water partition coefficient (Wildman–Crippen LogP) is 0.0693. The smallest absolute Gasteiger partial charge is 0.274 e. The average molecular weight is 401 g/mol. The standard InChI is InChI=1S/C18H19N5O4S/c24-17(15-8-20-5-6-21-15)22-10-14-7-16-18(11-22,27-14)12-23(28(16,25)26)9-13-1-3-19-4-2-13/h1-6,8,14,16H,7,9-12H2/t14-,16+,18+/m0/s1. The van der Waals surface area contributed by atoms with Gasteiger partial charge in [-0.05, 0) is 24.1 Å². The van der Waals surface area contributed by atoms with Crippen LogP contribution in [0.15, 0.2) is 43.1 Å². The van der Waals surface area contributed by atoms with Crippen LogP contribution >= 0.6 is 0 Å². The fourth-order valence-electron chi connectivity index (χ4n) is 4.51. The van der Waals surface area contributed by atoms with Crippen LogP contribution in [-0.2, 0) is 21.3 Å². The van der Waals surface area contributed by atoms with Gasteiger partial charge in [0, 0.05) is 44.4 Å². The molecule has 28 heavy (non-hydrogen) atoms. The van der Waals surface area contributed by atoms with Crippen molar-refractivity contribution < 1.29 is 17.9 Å². The Bertz CT molecular complexity index is 1000. The Hall–Kier alpha value is -2.43. The van der Waals surface area contributed by atoms with Crippen LogP contribution < -0.4 is 0 Å². The highest BCUT2D eigenvalue weighted by Gasteiger charge is 2.65. The van der Waals surface area contributed by atoms with E-state index < -0.39 is 20.9 Å². The van der Waals surface area contributed by atoms with Crippen molar-refractivity contribution in [2.45, 2.75) is 29.9 Å². The summed E-state index contributed by atoms with van der Waals surface area (Å²) in [6, 6.07) is 3.60. The van der Waals surface area contributed by atoms with Crippen LogP contribution in [0.2, 0.25) is 0 Å². The summed E-state index contributed by atoms with van der Waals surface area (Å²) in [4.78, 5) is 26.5. The Balaban J connectivity index is 1.42. The molecule has 146 valence electrons. The highest BCUT2D eigenvalue weighted by molar-refractivity contribution is 7.90. The first-order valence-corrected chi connectivity index (χ1v) is 10.6. The van der Waals surface area contributed by atoms with Gasteiger partial charge in [-0.3, -0.25) is 14.8 Å². The number of hydrogen-bond acceptors (Lipinski definition) is 7. The Labute approximate surface area is 162 Å². The number of sulfonamides is 1. The van der Waals surface area contributed by atoms with Gasteiger partial charge >= 0.3 is 0 Å². The van der Waals surface area contributed by atoms with E-state index in [4.69, 9.17) is 4.74 Å². The van der Waals surface area contributed by atoms with Crippen LogP contribution in [0.5, 0.6) is 0 Å². The van der Waals surface area contributed by atoms with Gasteiger partial charge < -0.3 is 9.64 Å². The molecular weight excluding hydrogens is 382 g/mol. The second-order valence-corrected chi connectivity index (χ2v) is 9.59. The van der Waals surface area contributed by atoms with Gasteiger partial charge in [-0.15, -0.1) is 0 Å². The average Bonchev–Trinajstić information content (AvgIpc) is 3.08. The van der Waals surface area contributed by atoms with Crippen molar-refractivity contribution in [2.75, 3.05) is 19.6 Å². The number of aromatic nitrogens is 3. The maximum atomic E-state index is 13.2. The second kappa shape index (κ2) is 6.29. The molecule has 0 saturated carbocycles. The lowest BCUT2D eigenvalue weighted by atomic mass is 9.99. The molecule has 3 atom stereocenters. The van der Waals surface area contributed by atoms with E-state index in [0.29, 0.717) is 13.0 Å². The van der Waals surface area contributed by atoms with Gasteiger partial charge in [0.05, 0.1) is 18.8 Å². The minimum atomic E-state index is -3.52. The van der Waals surface area contributed by atoms with Crippen molar-refractivity contribution in [1.82, 2.24) is 24.2 Å². The van der Waals surface area contributed by atoms with Gasteiger partial charge in [0.1, 0.15) is 16.5 Å². The summed E-state index contributed by atoms with van der Waals surface area (Å²) in [5.74, 6) is -0.244. The molecular formula is C18H19N5O4S. The first-order chi connectivity index (χ1) is 13.5. The molecule has 1 amide bonds. The van der Waals surface area contributed by atoms with Crippen molar-refractivity contribution in [2.24, 2.45) is 0 Å². The third-order valence-electron chi connectivity index (χ3n) is 5.69. The number of rotatable bonds is 3. The van der Waals surface area contributed by atoms with Crippen molar-refractivity contribution in [3.05, 3.63) is 54.4 Å². The molecule has 2 aromatic rings. The number of hydrogen-bond donors (Lipinski definition) is 0. The molecule has 3 fully saturated rings. The van der Waals surface area contributed by atoms with Crippen LogP contribution in [0, 0.1) is 0 Å². The summed E-state index contributed by atoms with van der Waals surface area (Å²) >= 11 is 0. The Morgan fingerprint density at radius 2 is 2.00 bits per heavy atom. The topological polar surface area (TPSA) is 106 Å². The lowest BCUT2D eigenvalue weighted by Crippen LogP contribution is -2.56. The lowest BCUT2D eigenvalue weighted by Gasteiger charge is -2.39. The van der Waals surface area contributed by atoms with Crippen molar-refractivity contribution in [3.63, 3.8) is 0 Å². The number of pyridine rings is 1. The zero-order chi connectivity index (χ0) is 19.4. The number of morpholine rings is 1. The number of carbonyl (C=O) groups is 1. The number of amides is 1. The van der Waals surface area contributed by atoms with Crippen LogP contribution in [0.1, 0.15) is 22.5 Å². The molecule has 3 aliphatic rings. The lowest BCUT2D eigenvalue weighted by molar-refractivity contribution is -0.0981. The predicted molar refractivity (Wildman–Crippen MR) is 97.5 cm³/mol. The molecule has 5 heterocycles. The van der Waals surface area contributed by atoms with Gasteiger partial charge in [-0.25, -0.2) is 13.4 Å². The van der Waals surface area contributed by atoms with Gasteiger partial charge in [0.2, 0.25) is 10.0 Å². The van der Waals surface area contributed by atoms with Crippen LogP contribution in [0.3, 0.4) is 0 Å². The molecule has 9 nitrogen and oxygen atoms in total. The third-order valence-corrected chi connectivity index (χ3v) is 8.01. The van der Waals surface area contributed by atoms with Crippen LogP contribution in [0.25, 0.3) is 0 Å². The van der Waals surface area contributed by atoms with E-state index in [9.17, 15) is 13.2 Å². The van der Waals surface area contributed by atoms with Gasteiger partial charge in [0.25, 0.3) is 5.91 Å². The molecule has 5 rings (SSSR count). The largest absolute Gasteiger partial charge is 0.365 e. The number of carbonyl (C=O) groups excluding carboxylic acids is 1. The first kappa shape index (κ1) is 17.7. The quantitative estimate of drug-likeness (QED) is 0.716. The minimum absolute atomic E-state index is 0.232. The molecule has 10 heteroatoms. The fourth-order valence-corrected chi connectivity index (χ4v) is 6.80. The van der Waals surface area contributed by atoms with E-state index in [1.54, 1.807) is 29.4 Å². The number of ether oxygens (including phenoxy) is 1. The monoisotopic (exact) mass is 401 g/mol. The van der Waals surface area contributed by atoms with Gasteiger partial charge in [-0.1, -0.05) is 0 Å². The van der Waals surface area contributed by atoms with Crippen LogP contribution in [0.4, 0.5) is 0 Å². The molecule has 0 radical (unpaired) electrons. The number of nitrogens with zero attached hydrogens (tertiary/aromatic N) is 5.